The predicted octanol–water partition coefficient (Wildman–Crippen LogP) is 3.85. The van der Waals surface area contributed by atoms with E-state index in [1.54, 1.807) is 73.7 Å². The van der Waals surface area contributed by atoms with Gasteiger partial charge in [-0.05, 0) is 12.1 Å². The quantitative estimate of drug-likeness (QED) is 0.364. The highest BCUT2D eigenvalue weighted by atomic mass is 35.5. The van der Waals surface area contributed by atoms with Crippen molar-refractivity contribution in [2.75, 3.05) is 14.1 Å². The third-order valence-electron chi connectivity index (χ3n) is 3.00. The fourth-order valence-corrected chi connectivity index (χ4v) is 2.20. The van der Waals surface area contributed by atoms with Crippen LogP contribution in [0.5, 0.6) is 0 Å². The van der Waals surface area contributed by atoms with Crippen LogP contribution in [0.15, 0.2) is 66.4 Å². The number of hydrogen-bond donors (Lipinski definition) is 0. The maximum absolute atomic E-state index is 12.7. The number of Topliss-reactive ketones (excluding diaryl/α,β-unsaturated/α-hetero) is 2. The largest absolute Gasteiger partial charge is 0.383 e. The summed E-state index contributed by atoms with van der Waals surface area (Å²) in [5.41, 5.74) is 0.981. The van der Waals surface area contributed by atoms with Crippen LogP contribution in [0.25, 0.3) is 0 Å². The third kappa shape index (κ3) is 3.83. The van der Waals surface area contributed by atoms with Gasteiger partial charge in [0.05, 0.1) is 5.57 Å². The number of allylic oxidation sites excluding steroid dienone is 1. The molecule has 0 aliphatic carbocycles. The molecule has 0 fully saturated rings. The van der Waals surface area contributed by atoms with E-state index in [0.717, 1.165) is 0 Å². The minimum atomic E-state index is -0.343. The molecule has 3 nitrogen and oxygen atoms in total. The van der Waals surface area contributed by atoms with Gasteiger partial charge in [0.1, 0.15) is 0 Å². The summed E-state index contributed by atoms with van der Waals surface area (Å²) in [7, 11) is 3.53. The molecular formula is C18H16ClNO2. The molecule has 0 saturated heterocycles. The van der Waals surface area contributed by atoms with E-state index < -0.39 is 0 Å². The van der Waals surface area contributed by atoms with Crippen LogP contribution in [-0.4, -0.2) is 30.6 Å². The Bertz CT molecular complexity index is 721. The van der Waals surface area contributed by atoms with Gasteiger partial charge in [-0.3, -0.25) is 9.59 Å². The van der Waals surface area contributed by atoms with Crippen molar-refractivity contribution in [3.63, 3.8) is 0 Å². The van der Waals surface area contributed by atoms with E-state index in [-0.39, 0.29) is 17.1 Å². The molecule has 0 amide bonds. The van der Waals surface area contributed by atoms with E-state index in [9.17, 15) is 9.59 Å². The summed E-state index contributed by atoms with van der Waals surface area (Å²) in [6, 6.07) is 15.3. The molecule has 0 saturated carbocycles. The van der Waals surface area contributed by atoms with Gasteiger partial charge in [-0.15, -0.1) is 0 Å². The molecule has 0 N–H and O–H groups in total. The second-order valence-corrected chi connectivity index (χ2v) is 5.48. The Labute approximate surface area is 134 Å². The van der Waals surface area contributed by atoms with Crippen molar-refractivity contribution in [2.45, 2.75) is 0 Å². The fraction of sp³-hybridized carbons (Fsp3) is 0.111. The first kappa shape index (κ1) is 16.0. The zero-order valence-corrected chi connectivity index (χ0v) is 13.2. The topological polar surface area (TPSA) is 37.4 Å². The number of ketones is 2. The van der Waals surface area contributed by atoms with Gasteiger partial charge in [-0.25, -0.2) is 0 Å². The molecule has 4 heteroatoms. The smallest absolute Gasteiger partial charge is 0.198 e. The van der Waals surface area contributed by atoms with Crippen molar-refractivity contribution < 1.29 is 9.59 Å². The van der Waals surface area contributed by atoms with E-state index in [1.807, 2.05) is 6.07 Å². The van der Waals surface area contributed by atoms with E-state index in [0.29, 0.717) is 16.1 Å². The van der Waals surface area contributed by atoms with Crippen LogP contribution in [0.2, 0.25) is 5.02 Å². The lowest BCUT2D eigenvalue weighted by molar-refractivity contribution is 0.0960. The number of benzene rings is 2. The van der Waals surface area contributed by atoms with Crippen molar-refractivity contribution in [1.29, 1.82) is 0 Å². The van der Waals surface area contributed by atoms with Crippen LogP contribution in [0.3, 0.4) is 0 Å². The van der Waals surface area contributed by atoms with Crippen LogP contribution < -0.4 is 0 Å². The maximum atomic E-state index is 12.7. The first-order valence-corrected chi connectivity index (χ1v) is 7.15. The molecule has 2 aromatic rings. The molecule has 112 valence electrons. The van der Waals surface area contributed by atoms with Gasteiger partial charge in [-0.1, -0.05) is 54.1 Å². The van der Waals surface area contributed by atoms with Crippen LogP contribution in [0.4, 0.5) is 0 Å². The van der Waals surface area contributed by atoms with Crippen molar-refractivity contribution in [1.82, 2.24) is 4.90 Å². The van der Waals surface area contributed by atoms with E-state index >= 15 is 0 Å². The Hall–Kier alpha value is -2.39. The van der Waals surface area contributed by atoms with E-state index in [2.05, 4.69) is 0 Å². The molecule has 2 aromatic carbocycles. The molecule has 0 unspecified atom stereocenters. The summed E-state index contributed by atoms with van der Waals surface area (Å²) in [4.78, 5) is 27.0. The van der Waals surface area contributed by atoms with Gasteiger partial charge in [0.2, 0.25) is 0 Å². The van der Waals surface area contributed by atoms with Crippen LogP contribution in [-0.2, 0) is 0 Å². The van der Waals surface area contributed by atoms with Crippen LogP contribution >= 0.6 is 11.6 Å². The van der Waals surface area contributed by atoms with Gasteiger partial charge in [-0.2, -0.15) is 0 Å². The summed E-state index contributed by atoms with van der Waals surface area (Å²) in [5, 5.41) is 0.460. The second kappa shape index (κ2) is 7.05. The van der Waals surface area contributed by atoms with Gasteiger partial charge >= 0.3 is 0 Å². The minimum absolute atomic E-state index is 0.110. The average Bonchev–Trinajstić information content (AvgIpc) is 2.52. The fourth-order valence-electron chi connectivity index (χ4n) is 2.01. The van der Waals surface area contributed by atoms with Gasteiger partial charge < -0.3 is 4.90 Å². The standard InChI is InChI=1S/C18H16ClNO2/c1-20(2)12-16(17(21)13-7-4-3-5-8-13)18(22)14-9-6-10-15(19)11-14/h3-12H,1-2H3/b16-12+. The lowest BCUT2D eigenvalue weighted by atomic mass is 9.96. The number of halogens is 1. The number of nitrogens with zero attached hydrogens (tertiary/aromatic N) is 1. The Morgan fingerprint density at radius 3 is 2.09 bits per heavy atom. The third-order valence-corrected chi connectivity index (χ3v) is 3.23. The molecule has 0 atom stereocenters. The number of hydrogen-bond acceptors (Lipinski definition) is 3. The highest BCUT2D eigenvalue weighted by molar-refractivity contribution is 6.33. The summed E-state index contributed by atoms with van der Waals surface area (Å²) >= 11 is 5.93. The average molecular weight is 314 g/mol. The summed E-state index contributed by atoms with van der Waals surface area (Å²) < 4.78 is 0. The van der Waals surface area contributed by atoms with Gasteiger partial charge in [0, 0.05) is 36.4 Å². The number of rotatable bonds is 5. The van der Waals surface area contributed by atoms with Crippen molar-refractivity contribution in [3.8, 4) is 0 Å². The number of carbonyl (C=O) groups is 2. The summed E-state index contributed by atoms with van der Waals surface area (Å²) in [5.74, 6) is -0.649. The van der Waals surface area contributed by atoms with Gasteiger partial charge in [0.25, 0.3) is 0 Å². The molecule has 2 rings (SSSR count). The predicted molar refractivity (Wildman–Crippen MR) is 88.3 cm³/mol. The van der Waals surface area contributed by atoms with Crippen LogP contribution in [0, 0.1) is 0 Å². The molecule has 0 bridgehead atoms. The molecule has 22 heavy (non-hydrogen) atoms. The van der Waals surface area contributed by atoms with Gasteiger partial charge in [0.15, 0.2) is 11.6 Å². The second-order valence-electron chi connectivity index (χ2n) is 5.04. The number of carbonyl (C=O) groups excluding carboxylic acids is 2. The Balaban J connectivity index is 2.43. The summed E-state index contributed by atoms with van der Waals surface area (Å²) in [6.45, 7) is 0. The zero-order chi connectivity index (χ0) is 16.1. The Morgan fingerprint density at radius 1 is 0.909 bits per heavy atom. The molecule has 0 aliphatic heterocycles. The zero-order valence-electron chi connectivity index (χ0n) is 12.4. The molecular weight excluding hydrogens is 298 g/mol. The summed E-state index contributed by atoms with van der Waals surface area (Å²) in [6.07, 6.45) is 1.54. The first-order valence-electron chi connectivity index (χ1n) is 6.77. The molecule has 0 aliphatic rings. The monoisotopic (exact) mass is 313 g/mol. The maximum Gasteiger partial charge on any atom is 0.198 e. The van der Waals surface area contributed by atoms with Crippen LogP contribution in [0.1, 0.15) is 20.7 Å². The molecule has 0 aromatic heterocycles. The normalized spacial score (nSPS) is 11.1. The van der Waals surface area contributed by atoms with E-state index in [4.69, 9.17) is 11.6 Å². The Morgan fingerprint density at radius 2 is 1.50 bits per heavy atom. The SMILES string of the molecule is CN(C)/C=C(\C(=O)c1ccccc1)C(=O)c1cccc(Cl)c1. The van der Waals surface area contributed by atoms with Crippen molar-refractivity contribution in [2.24, 2.45) is 0 Å². The lowest BCUT2D eigenvalue weighted by Gasteiger charge is -2.11. The molecule has 0 spiro atoms. The first-order chi connectivity index (χ1) is 10.5. The highest BCUT2D eigenvalue weighted by Crippen LogP contribution is 2.18. The Kier molecular flexibility index (Phi) is 5.12. The minimum Gasteiger partial charge on any atom is -0.383 e. The van der Waals surface area contributed by atoms with E-state index in [1.165, 1.54) is 0 Å². The molecule has 0 heterocycles. The lowest BCUT2D eigenvalue weighted by Crippen LogP contribution is -2.17. The molecule has 0 radical (unpaired) electrons. The van der Waals surface area contributed by atoms with Crippen molar-refractivity contribution >= 4 is 23.2 Å². The highest BCUT2D eigenvalue weighted by Gasteiger charge is 2.21. The van der Waals surface area contributed by atoms with Crippen molar-refractivity contribution in [3.05, 3.63) is 82.5 Å².